The van der Waals surface area contributed by atoms with Gasteiger partial charge in [0.2, 0.25) is 0 Å². The van der Waals surface area contributed by atoms with Crippen molar-refractivity contribution in [3.05, 3.63) is 78.0 Å². The monoisotopic (exact) mass is 219 g/mol. The molecule has 0 aliphatic carbocycles. The molecule has 0 fully saturated rings. The first-order chi connectivity index (χ1) is 8.42. The maximum atomic E-state index is 4.33. The van der Waals surface area contributed by atoms with E-state index in [0.29, 0.717) is 0 Å². The highest BCUT2D eigenvalue weighted by atomic mass is 14.6. The van der Waals surface area contributed by atoms with Crippen LogP contribution in [0, 0.1) is 0 Å². The van der Waals surface area contributed by atoms with E-state index in [-0.39, 0.29) is 0 Å². The molecule has 0 radical (unpaired) electrons. The predicted molar refractivity (Wildman–Crippen MR) is 71.0 cm³/mol. The Morgan fingerprint density at radius 3 is 2.53 bits per heavy atom. The number of benzene rings is 2. The zero-order valence-electron chi connectivity index (χ0n) is 9.51. The van der Waals surface area contributed by atoms with Gasteiger partial charge in [-0.2, -0.15) is 0 Å². The van der Waals surface area contributed by atoms with Gasteiger partial charge in [0.05, 0.1) is 5.52 Å². The molecule has 1 nitrogen and oxygen atoms in total. The number of fused-ring (bicyclic) bond motifs is 1. The second-order valence-electron chi connectivity index (χ2n) is 4.19. The van der Waals surface area contributed by atoms with E-state index in [1.54, 1.807) is 0 Å². The Labute approximate surface area is 101 Å². The fourth-order valence-corrected chi connectivity index (χ4v) is 2.07. The van der Waals surface area contributed by atoms with Gasteiger partial charge in [-0.3, -0.25) is 4.98 Å². The minimum Gasteiger partial charge on any atom is -0.256 e. The second kappa shape index (κ2) is 4.38. The van der Waals surface area contributed by atoms with E-state index in [1.165, 1.54) is 16.5 Å². The highest BCUT2D eigenvalue weighted by Gasteiger charge is 1.98. The van der Waals surface area contributed by atoms with Gasteiger partial charge >= 0.3 is 0 Å². The average Bonchev–Trinajstić information content (AvgIpc) is 2.40. The van der Waals surface area contributed by atoms with Gasteiger partial charge in [-0.15, -0.1) is 0 Å². The minimum absolute atomic E-state index is 0.978. The van der Waals surface area contributed by atoms with Gasteiger partial charge in [-0.05, 0) is 35.7 Å². The normalized spacial score (nSPS) is 10.6. The summed E-state index contributed by atoms with van der Waals surface area (Å²) in [5, 5.41) is 1.21. The maximum Gasteiger partial charge on any atom is 0.0702 e. The van der Waals surface area contributed by atoms with Crippen LogP contribution >= 0.6 is 0 Å². The molecule has 0 aliphatic heterocycles. The fraction of sp³-hybridized carbons (Fsp3) is 0.0625. The molecular weight excluding hydrogens is 206 g/mol. The topological polar surface area (TPSA) is 12.9 Å². The number of hydrogen-bond acceptors (Lipinski definition) is 1. The first-order valence-electron chi connectivity index (χ1n) is 5.79. The summed E-state index contributed by atoms with van der Waals surface area (Å²) in [5.41, 5.74) is 3.73. The number of aromatic nitrogens is 1. The highest BCUT2D eigenvalue weighted by Crippen LogP contribution is 2.16. The summed E-state index contributed by atoms with van der Waals surface area (Å²) in [7, 11) is 0. The van der Waals surface area contributed by atoms with Crippen LogP contribution in [0.4, 0.5) is 0 Å². The summed E-state index contributed by atoms with van der Waals surface area (Å²) < 4.78 is 0. The van der Waals surface area contributed by atoms with E-state index < -0.39 is 0 Å². The number of nitrogens with zero attached hydrogens (tertiary/aromatic N) is 1. The van der Waals surface area contributed by atoms with Crippen LogP contribution in [0.3, 0.4) is 0 Å². The van der Waals surface area contributed by atoms with Crippen molar-refractivity contribution < 1.29 is 0 Å². The van der Waals surface area contributed by atoms with Crippen LogP contribution in [-0.4, -0.2) is 4.98 Å². The molecule has 1 heterocycles. The molecule has 3 rings (SSSR count). The van der Waals surface area contributed by atoms with Gasteiger partial charge in [0, 0.05) is 11.6 Å². The van der Waals surface area contributed by atoms with Gasteiger partial charge in [-0.1, -0.05) is 42.5 Å². The van der Waals surface area contributed by atoms with Crippen molar-refractivity contribution in [2.24, 2.45) is 0 Å². The lowest BCUT2D eigenvalue weighted by atomic mass is 10.0. The largest absolute Gasteiger partial charge is 0.256 e. The third-order valence-electron chi connectivity index (χ3n) is 2.92. The molecule has 17 heavy (non-hydrogen) atoms. The highest BCUT2D eigenvalue weighted by molar-refractivity contribution is 5.79. The van der Waals surface area contributed by atoms with E-state index in [2.05, 4.69) is 53.5 Å². The van der Waals surface area contributed by atoms with Crippen LogP contribution in [0.2, 0.25) is 0 Å². The molecule has 0 atom stereocenters. The van der Waals surface area contributed by atoms with Crippen molar-refractivity contribution in [3.63, 3.8) is 0 Å². The first kappa shape index (κ1) is 10.0. The number of hydrogen-bond donors (Lipinski definition) is 0. The minimum atomic E-state index is 0.978. The SMILES string of the molecule is c1ccc(Cc2ccc3ncccc3c2)cc1. The average molecular weight is 219 g/mol. The molecule has 0 N–H and O–H groups in total. The molecule has 0 saturated carbocycles. The van der Waals surface area contributed by atoms with E-state index in [0.717, 1.165) is 11.9 Å². The van der Waals surface area contributed by atoms with Gasteiger partial charge in [0.25, 0.3) is 0 Å². The molecule has 0 spiro atoms. The van der Waals surface area contributed by atoms with Crippen molar-refractivity contribution in [1.29, 1.82) is 0 Å². The van der Waals surface area contributed by atoms with Gasteiger partial charge < -0.3 is 0 Å². The van der Waals surface area contributed by atoms with E-state index in [4.69, 9.17) is 0 Å². The zero-order chi connectivity index (χ0) is 11.5. The lowest BCUT2D eigenvalue weighted by Gasteiger charge is -2.03. The molecule has 0 aliphatic rings. The van der Waals surface area contributed by atoms with Crippen molar-refractivity contribution in [2.75, 3.05) is 0 Å². The molecule has 3 aromatic rings. The fourth-order valence-electron chi connectivity index (χ4n) is 2.07. The van der Waals surface area contributed by atoms with Crippen LogP contribution < -0.4 is 0 Å². The van der Waals surface area contributed by atoms with Crippen LogP contribution in [-0.2, 0) is 6.42 Å². The molecule has 0 amide bonds. The molecule has 0 saturated heterocycles. The van der Waals surface area contributed by atoms with Gasteiger partial charge in [-0.25, -0.2) is 0 Å². The van der Waals surface area contributed by atoms with E-state index in [9.17, 15) is 0 Å². The summed E-state index contributed by atoms with van der Waals surface area (Å²) in [6.45, 7) is 0. The van der Waals surface area contributed by atoms with Gasteiger partial charge in [0.15, 0.2) is 0 Å². The zero-order valence-corrected chi connectivity index (χ0v) is 9.51. The summed E-state index contributed by atoms with van der Waals surface area (Å²) in [5.74, 6) is 0. The third kappa shape index (κ3) is 2.18. The molecule has 0 unspecified atom stereocenters. The summed E-state index contributed by atoms with van der Waals surface area (Å²) >= 11 is 0. The van der Waals surface area contributed by atoms with Crippen LogP contribution in [0.1, 0.15) is 11.1 Å². The van der Waals surface area contributed by atoms with Crippen LogP contribution in [0.15, 0.2) is 66.9 Å². The van der Waals surface area contributed by atoms with Crippen LogP contribution in [0.25, 0.3) is 10.9 Å². The van der Waals surface area contributed by atoms with Crippen LogP contribution in [0.5, 0.6) is 0 Å². The summed E-state index contributed by atoms with van der Waals surface area (Å²) in [6.07, 6.45) is 2.81. The quantitative estimate of drug-likeness (QED) is 0.638. The number of pyridine rings is 1. The summed E-state index contributed by atoms with van der Waals surface area (Å²) in [6, 6.07) is 21.1. The summed E-state index contributed by atoms with van der Waals surface area (Å²) in [4.78, 5) is 4.33. The van der Waals surface area contributed by atoms with Crippen molar-refractivity contribution in [2.45, 2.75) is 6.42 Å². The third-order valence-corrected chi connectivity index (χ3v) is 2.92. The molecule has 2 aromatic carbocycles. The standard InChI is InChI=1S/C16H13N/c1-2-5-13(6-3-1)11-14-8-9-16-15(12-14)7-4-10-17-16/h1-10,12H,11H2. The molecule has 0 bridgehead atoms. The van der Waals surface area contributed by atoms with Crippen molar-refractivity contribution >= 4 is 10.9 Å². The molecule has 1 aromatic heterocycles. The Hall–Kier alpha value is -2.15. The predicted octanol–water partition coefficient (Wildman–Crippen LogP) is 3.83. The smallest absolute Gasteiger partial charge is 0.0702 e. The maximum absolute atomic E-state index is 4.33. The van der Waals surface area contributed by atoms with Gasteiger partial charge in [0.1, 0.15) is 0 Å². The van der Waals surface area contributed by atoms with E-state index in [1.807, 2.05) is 18.3 Å². The Kier molecular flexibility index (Phi) is 2.59. The van der Waals surface area contributed by atoms with Crippen molar-refractivity contribution in [1.82, 2.24) is 4.98 Å². The molecular formula is C16H13N. The Morgan fingerprint density at radius 2 is 1.65 bits per heavy atom. The Balaban J connectivity index is 1.96. The lowest BCUT2D eigenvalue weighted by molar-refractivity contribution is 1.20. The second-order valence-corrected chi connectivity index (χ2v) is 4.19. The lowest BCUT2D eigenvalue weighted by Crippen LogP contribution is -1.88. The Morgan fingerprint density at radius 1 is 0.765 bits per heavy atom. The number of rotatable bonds is 2. The molecule has 82 valence electrons. The van der Waals surface area contributed by atoms with E-state index >= 15 is 0 Å². The first-order valence-corrected chi connectivity index (χ1v) is 5.79. The Bertz CT molecular complexity index is 629. The van der Waals surface area contributed by atoms with Crippen molar-refractivity contribution in [3.8, 4) is 0 Å². The molecule has 1 heteroatoms.